The number of amides is 4. The number of urea groups is 1. The van der Waals surface area contributed by atoms with Crippen LogP contribution in [0.4, 0.5) is 4.79 Å². The smallest absolute Gasteiger partial charge is 0.273 e. The van der Waals surface area contributed by atoms with Gasteiger partial charge in [-0.25, -0.2) is 4.79 Å². The molecule has 0 aliphatic carbocycles. The zero-order valence-electron chi connectivity index (χ0n) is 11.9. The van der Waals surface area contributed by atoms with Crippen molar-refractivity contribution in [1.29, 1.82) is 0 Å². The van der Waals surface area contributed by atoms with Gasteiger partial charge in [-0.05, 0) is 18.9 Å². The van der Waals surface area contributed by atoms with E-state index in [2.05, 4.69) is 0 Å². The molecule has 5 nitrogen and oxygen atoms in total. The SMILES string of the molecule is CCN1C(=O)N(C)C(=O)C(CC)(c2ccccc2)C1=O. The lowest BCUT2D eigenvalue weighted by atomic mass is 9.74. The number of nitrogens with zero attached hydrogens (tertiary/aromatic N) is 2. The fourth-order valence-electron chi connectivity index (χ4n) is 2.72. The summed E-state index contributed by atoms with van der Waals surface area (Å²) in [5.41, 5.74) is -0.657. The predicted molar refractivity (Wildman–Crippen MR) is 74.0 cm³/mol. The van der Waals surface area contributed by atoms with E-state index in [1.807, 2.05) is 6.07 Å². The summed E-state index contributed by atoms with van der Waals surface area (Å²) in [6, 6.07) is 8.38. The molecule has 0 bridgehead atoms. The maximum Gasteiger partial charge on any atom is 0.333 e. The van der Waals surface area contributed by atoms with Gasteiger partial charge in [0.1, 0.15) is 0 Å². The molecular formula is C15H18N2O3. The van der Waals surface area contributed by atoms with Crippen LogP contribution < -0.4 is 0 Å². The van der Waals surface area contributed by atoms with Crippen molar-refractivity contribution in [2.24, 2.45) is 0 Å². The van der Waals surface area contributed by atoms with Crippen LogP contribution in [0.25, 0.3) is 0 Å². The summed E-state index contributed by atoms with van der Waals surface area (Å²) < 4.78 is 0. The van der Waals surface area contributed by atoms with Gasteiger partial charge in [0.25, 0.3) is 11.8 Å². The molecule has 20 heavy (non-hydrogen) atoms. The van der Waals surface area contributed by atoms with Gasteiger partial charge in [0.05, 0.1) is 0 Å². The van der Waals surface area contributed by atoms with Crippen molar-refractivity contribution >= 4 is 17.8 Å². The molecule has 0 aromatic heterocycles. The molecule has 1 fully saturated rings. The topological polar surface area (TPSA) is 57.7 Å². The number of barbiturate groups is 1. The Labute approximate surface area is 118 Å². The molecule has 1 heterocycles. The Bertz CT molecular complexity index is 555. The highest BCUT2D eigenvalue weighted by Crippen LogP contribution is 2.35. The maximum absolute atomic E-state index is 12.7. The van der Waals surface area contributed by atoms with Gasteiger partial charge in [0.15, 0.2) is 5.41 Å². The number of rotatable bonds is 3. The van der Waals surface area contributed by atoms with Crippen LogP contribution in [0, 0.1) is 0 Å². The predicted octanol–water partition coefficient (Wildman–Crippen LogP) is 1.77. The van der Waals surface area contributed by atoms with E-state index in [1.54, 1.807) is 38.1 Å². The first-order chi connectivity index (χ1) is 9.50. The van der Waals surface area contributed by atoms with Crippen LogP contribution in [0.3, 0.4) is 0 Å². The summed E-state index contributed by atoms with van der Waals surface area (Å²) in [6.07, 6.45) is 0.322. The highest BCUT2D eigenvalue weighted by Gasteiger charge is 2.55. The lowest BCUT2D eigenvalue weighted by Crippen LogP contribution is -2.65. The van der Waals surface area contributed by atoms with Gasteiger partial charge in [-0.3, -0.25) is 19.4 Å². The fourth-order valence-corrected chi connectivity index (χ4v) is 2.72. The fraction of sp³-hybridized carbons (Fsp3) is 0.400. The van der Waals surface area contributed by atoms with Gasteiger partial charge in [-0.2, -0.15) is 0 Å². The van der Waals surface area contributed by atoms with Crippen LogP contribution >= 0.6 is 0 Å². The number of hydrogen-bond acceptors (Lipinski definition) is 3. The van der Waals surface area contributed by atoms with Crippen LogP contribution in [0.1, 0.15) is 25.8 Å². The van der Waals surface area contributed by atoms with Crippen LogP contribution in [-0.4, -0.2) is 41.2 Å². The van der Waals surface area contributed by atoms with Crippen molar-refractivity contribution in [3.8, 4) is 0 Å². The molecule has 1 atom stereocenters. The quantitative estimate of drug-likeness (QED) is 0.789. The van der Waals surface area contributed by atoms with E-state index in [9.17, 15) is 14.4 Å². The Morgan fingerprint density at radius 1 is 1.00 bits per heavy atom. The van der Waals surface area contributed by atoms with E-state index in [4.69, 9.17) is 0 Å². The monoisotopic (exact) mass is 274 g/mol. The number of hydrogen-bond donors (Lipinski definition) is 0. The molecule has 106 valence electrons. The molecule has 1 unspecified atom stereocenters. The van der Waals surface area contributed by atoms with Crippen LogP contribution in [0.5, 0.6) is 0 Å². The van der Waals surface area contributed by atoms with E-state index in [1.165, 1.54) is 7.05 Å². The molecule has 1 aromatic rings. The van der Waals surface area contributed by atoms with E-state index < -0.39 is 23.3 Å². The Hall–Kier alpha value is -2.17. The minimum absolute atomic E-state index is 0.254. The molecule has 1 aliphatic rings. The van der Waals surface area contributed by atoms with E-state index in [-0.39, 0.29) is 6.54 Å². The van der Waals surface area contributed by atoms with Crippen LogP contribution in [0.15, 0.2) is 30.3 Å². The summed E-state index contributed by atoms with van der Waals surface area (Å²) in [6.45, 7) is 3.77. The molecule has 5 heteroatoms. The first kappa shape index (κ1) is 14.2. The summed E-state index contributed by atoms with van der Waals surface area (Å²) in [4.78, 5) is 39.6. The van der Waals surface area contributed by atoms with Crippen molar-refractivity contribution in [1.82, 2.24) is 9.80 Å². The Kier molecular flexibility index (Phi) is 3.61. The largest absolute Gasteiger partial charge is 0.333 e. The molecular weight excluding hydrogens is 256 g/mol. The standard InChI is InChI=1S/C15H18N2O3/c1-4-15(11-9-7-6-8-10-11)12(18)16(3)14(20)17(5-2)13(15)19/h6-10H,4-5H2,1-3H3. The molecule has 4 amide bonds. The third kappa shape index (κ3) is 1.73. The summed E-state index contributed by atoms with van der Waals surface area (Å²) in [7, 11) is 1.42. The second-order valence-corrected chi connectivity index (χ2v) is 4.82. The van der Waals surface area contributed by atoms with Crippen molar-refractivity contribution in [3.63, 3.8) is 0 Å². The molecule has 0 radical (unpaired) electrons. The minimum Gasteiger partial charge on any atom is -0.273 e. The zero-order valence-corrected chi connectivity index (χ0v) is 11.9. The lowest BCUT2D eigenvalue weighted by Gasteiger charge is -2.42. The average Bonchev–Trinajstić information content (AvgIpc) is 2.48. The normalized spacial score (nSPS) is 23.4. The highest BCUT2D eigenvalue weighted by molar-refractivity contribution is 6.22. The second kappa shape index (κ2) is 5.07. The van der Waals surface area contributed by atoms with Gasteiger partial charge in [0, 0.05) is 13.6 Å². The average molecular weight is 274 g/mol. The Morgan fingerprint density at radius 2 is 1.60 bits per heavy atom. The molecule has 0 N–H and O–H groups in total. The van der Waals surface area contributed by atoms with E-state index in [0.29, 0.717) is 12.0 Å². The van der Waals surface area contributed by atoms with E-state index in [0.717, 1.165) is 9.80 Å². The van der Waals surface area contributed by atoms with Crippen LogP contribution in [0.2, 0.25) is 0 Å². The summed E-state index contributed by atoms with van der Waals surface area (Å²) in [5.74, 6) is -0.882. The third-order valence-corrected chi connectivity index (χ3v) is 3.91. The second-order valence-electron chi connectivity index (χ2n) is 4.82. The molecule has 1 aliphatic heterocycles. The first-order valence-electron chi connectivity index (χ1n) is 6.70. The summed E-state index contributed by atoms with van der Waals surface area (Å²) >= 11 is 0. The molecule has 0 saturated carbocycles. The van der Waals surface area contributed by atoms with Crippen molar-refractivity contribution in [2.75, 3.05) is 13.6 Å². The zero-order chi connectivity index (χ0) is 14.9. The Balaban J connectivity index is 2.64. The van der Waals surface area contributed by atoms with Gasteiger partial charge in [0.2, 0.25) is 0 Å². The van der Waals surface area contributed by atoms with Crippen LogP contribution in [-0.2, 0) is 15.0 Å². The van der Waals surface area contributed by atoms with Gasteiger partial charge in [-0.1, -0.05) is 37.3 Å². The highest BCUT2D eigenvalue weighted by atomic mass is 16.2. The van der Waals surface area contributed by atoms with Crippen molar-refractivity contribution < 1.29 is 14.4 Å². The maximum atomic E-state index is 12.7. The molecule has 2 rings (SSSR count). The van der Waals surface area contributed by atoms with Gasteiger partial charge < -0.3 is 0 Å². The summed E-state index contributed by atoms with van der Waals surface area (Å²) in [5, 5.41) is 0. The number of carbonyl (C=O) groups is 3. The van der Waals surface area contributed by atoms with Crippen molar-refractivity contribution in [2.45, 2.75) is 25.7 Å². The number of likely N-dealkylation sites (N-methyl/N-ethyl adjacent to an activating group) is 2. The van der Waals surface area contributed by atoms with Gasteiger partial charge in [-0.15, -0.1) is 0 Å². The first-order valence-corrected chi connectivity index (χ1v) is 6.70. The van der Waals surface area contributed by atoms with Crippen molar-refractivity contribution in [3.05, 3.63) is 35.9 Å². The number of imide groups is 2. The molecule has 1 saturated heterocycles. The molecule has 0 spiro atoms. The lowest BCUT2D eigenvalue weighted by molar-refractivity contribution is -0.151. The van der Waals surface area contributed by atoms with E-state index >= 15 is 0 Å². The minimum atomic E-state index is -1.29. The molecule has 1 aromatic carbocycles. The number of carbonyl (C=O) groups excluding carboxylic acids is 3. The van der Waals surface area contributed by atoms with Gasteiger partial charge >= 0.3 is 6.03 Å². The number of benzene rings is 1. The Morgan fingerprint density at radius 3 is 2.10 bits per heavy atom. The third-order valence-electron chi connectivity index (χ3n) is 3.91.